The molecular weight excluding hydrogens is 359 g/mol. The van der Waals surface area contributed by atoms with Crippen molar-refractivity contribution < 1.29 is 22.8 Å². The highest BCUT2D eigenvalue weighted by Crippen LogP contribution is 2.29. The van der Waals surface area contributed by atoms with Gasteiger partial charge >= 0.3 is 6.18 Å². The minimum absolute atomic E-state index is 0.0984. The first-order chi connectivity index (χ1) is 11.8. The number of amides is 2. The summed E-state index contributed by atoms with van der Waals surface area (Å²) in [6.07, 6.45) is -3.13. The van der Waals surface area contributed by atoms with Crippen molar-refractivity contribution in [3.63, 3.8) is 0 Å². The van der Waals surface area contributed by atoms with Gasteiger partial charge in [0.15, 0.2) is 0 Å². The van der Waals surface area contributed by atoms with Crippen molar-refractivity contribution in [1.82, 2.24) is 15.6 Å². The molecule has 0 atom stereocenters. The van der Waals surface area contributed by atoms with Gasteiger partial charge in [-0.15, -0.1) is 0 Å². The number of halogens is 4. The summed E-state index contributed by atoms with van der Waals surface area (Å²) in [5.41, 5.74) is -0.410. The number of nitrogens with one attached hydrogen (secondary N) is 2. The standard InChI is InChI=1S/C16H13ClF3N3O2/c17-13-6-3-11(9-23-13)15(25)22-8-7-21-14(24)10-1-4-12(5-2-10)16(18,19)20/h1-6,9H,7-8H2,(H,21,24)(H,22,25). The third-order valence-electron chi connectivity index (χ3n) is 3.16. The molecule has 0 aliphatic heterocycles. The smallest absolute Gasteiger partial charge is 0.350 e. The summed E-state index contributed by atoms with van der Waals surface area (Å²) in [4.78, 5) is 27.4. The monoisotopic (exact) mass is 371 g/mol. The van der Waals surface area contributed by atoms with Gasteiger partial charge in [-0.25, -0.2) is 4.98 Å². The number of alkyl halides is 3. The summed E-state index contributed by atoms with van der Waals surface area (Å²) in [7, 11) is 0. The average Bonchev–Trinajstić information content (AvgIpc) is 2.58. The maximum atomic E-state index is 12.5. The SMILES string of the molecule is O=C(NCCNC(=O)c1ccc(Cl)nc1)c1ccc(C(F)(F)F)cc1. The minimum atomic E-state index is -4.45. The van der Waals surface area contributed by atoms with Gasteiger partial charge in [-0.05, 0) is 36.4 Å². The fourth-order valence-corrected chi connectivity index (χ4v) is 1.99. The van der Waals surface area contributed by atoms with Gasteiger partial charge in [0, 0.05) is 24.8 Å². The molecule has 1 aromatic heterocycles. The van der Waals surface area contributed by atoms with Gasteiger partial charge in [-0.3, -0.25) is 9.59 Å². The van der Waals surface area contributed by atoms with Gasteiger partial charge in [0.2, 0.25) is 0 Å². The van der Waals surface area contributed by atoms with Crippen LogP contribution in [0.3, 0.4) is 0 Å². The largest absolute Gasteiger partial charge is 0.416 e. The second-order valence-electron chi connectivity index (χ2n) is 4.96. The number of hydrogen-bond donors (Lipinski definition) is 2. The van der Waals surface area contributed by atoms with Crippen LogP contribution in [-0.4, -0.2) is 29.9 Å². The molecule has 2 amide bonds. The molecule has 0 aliphatic rings. The second kappa shape index (κ2) is 7.98. The summed E-state index contributed by atoms with van der Waals surface area (Å²) in [6.45, 7) is 0.264. The number of carbonyl (C=O) groups is 2. The molecule has 0 unspecified atom stereocenters. The lowest BCUT2D eigenvalue weighted by atomic mass is 10.1. The highest BCUT2D eigenvalue weighted by atomic mass is 35.5. The van der Waals surface area contributed by atoms with E-state index in [4.69, 9.17) is 11.6 Å². The molecule has 0 saturated carbocycles. The minimum Gasteiger partial charge on any atom is -0.350 e. The van der Waals surface area contributed by atoms with Crippen molar-refractivity contribution in [2.45, 2.75) is 6.18 Å². The Hall–Kier alpha value is -2.61. The van der Waals surface area contributed by atoms with E-state index in [-0.39, 0.29) is 29.7 Å². The number of nitrogens with zero attached hydrogens (tertiary/aromatic N) is 1. The number of rotatable bonds is 5. The van der Waals surface area contributed by atoms with Gasteiger partial charge < -0.3 is 10.6 Å². The van der Waals surface area contributed by atoms with Crippen molar-refractivity contribution in [2.75, 3.05) is 13.1 Å². The fraction of sp³-hybridized carbons (Fsp3) is 0.188. The third kappa shape index (κ3) is 5.46. The predicted molar refractivity (Wildman–Crippen MR) is 85.4 cm³/mol. The van der Waals surface area contributed by atoms with Crippen molar-refractivity contribution >= 4 is 23.4 Å². The van der Waals surface area contributed by atoms with E-state index in [1.807, 2.05) is 0 Å². The molecule has 1 heterocycles. The summed E-state index contributed by atoms with van der Waals surface area (Å²) in [5, 5.41) is 5.33. The molecule has 9 heteroatoms. The van der Waals surface area contributed by atoms with Crippen molar-refractivity contribution in [1.29, 1.82) is 0 Å². The fourth-order valence-electron chi connectivity index (χ4n) is 1.88. The van der Waals surface area contributed by atoms with Gasteiger partial charge in [-0.1, -0.05) is 11.6 Å². The molecule has 1 aromatic carbocycles. The van der Waals surface area contributed by atoms with E-state index in [0.717, 1.165) is 24.3 Å². The summed E-state index contributed by atoms with van der Waals surface area (Å²) >= 11 is 5.62. The van der Waals surface area contributed by atoms with Crippen LogP contribution in [0.2, 0.25) is 5.15 Å². The van der Waals surface area contributed by atoms with Crippen LogP contribution in [0.25, 0.3) is 0 Å². The van der Waals surface area contributed by atoms with Crippen LogP contribution in [0.15, 0.2) is 42.6 Å². The number of hydrogen-bond acceptors (Lipinski definition) is 3. The lowest BCUT2D eigenvalue weighted by Gasteiger charge is -2.09. The maximum Gasteiger partial charge on any atom is 0.416 e. The van der Waals surface area contributed by atoms with Gasteiger partial charge in [0.25, 0.3) is 11.8 Å². The molecule has 0 radical (unpaired) electrons. The topological polar surface area (TPSA) is 71.1 Å². The Kier molecular flexibility index (Phi) is 5.97. The van der Waals surface area contributed by atoms with Crippen LogP contribution in [0, 0.1) is 0 Å². The second-order valence-corrected chi connectivity index (χ2v) is 5.34. The molecule has 2 rings (SSSR count). The molecule has 2 N–H and O–H groups in total. The number of benzene rings is 1. The Bertz CT molecular complexity index is 747. The van der Waals surface area contributed by atoms with E-state index >= 15 is 0 Å². The van der Waals surface area contributed by atoms with Crippen molar-refractivity contribution in [3.05, 3.63) is 64.4 Å². The summed E-state index contributed by atoms with van der Waals surface area (Å²) < 4.78 is 37.4. The first-order valence-corrected chi connectivity index (χ1v) is 7.50. The van der Waals surface area contributed by atoms with Crippen molar-refractivity contribution in [3.8, 4) is 0 Å². The Morgan fingerprint density at radius 3 is 1.92 bits per heavy atom. The average molecular weight is 372 g/mol. The van der Waals surface area contributed by atoms with Gasteiger partial charge in [0.1, 0.15) is 5.15 Å². The molecule has 0 aliphatic carbocycles. The Morgan fingerprint density at radius 1 is 0.920 bits per heavy atom. The Morgan fingerprint density at radius 2 is 1.44 bits per heavy atom. The van der Waals surface area contributed by atoms with Crippen LogP contribution in [-0.2, 0) is 6.18 Å². The van der Waals surface area contributed by atoms with Crippen LogP contribution in [0.4, 0.5) is 13.2 Å². The number of aromatic nitrogens is 1. The molecule has 5 nitrogen and oxygen atoms in total. The highest BCUT2D eigenvalue weighted by Gasteiger charge is 2.30. The predicted octanol–water partition coefficient (Wildman–Crippen LogP) is 2.91. The number of pyridine rings is 1. The molecular formula is C16H13ClF3N3O2. The lowest BCUT2D eigenvalue weighted by molar-refractivity contribution is -0.137. The normalized spacial score (nSPS) is 11.0. The first-order valence-electron chi connectivity index (χ1n) is 7.12. The van der Waals surface area contributed by atoms with Crippen LogP contribution < -0.4 is 10.6 Å². The van der Waals surface area contributed by atoms with E-state index in [2.05, 4.69) is 15.6 Å². The van der Waals surface area contributed by atoms with Crippen molar-refractivity contribution in [2.24, 2.45) is 0 Å². The summed E-state index contributed by atoms with van der Waals surface area (Å²) in [5.74, 6) is -0.913. The van der Waals surface area contributed by atoms with E-state index in [1.54, 1.807) is 0 Å². The zero-order chi connectivity index (χ0) is 18.4. The zero-order valence-electron chi connectivity index (χ0n) is 12.7. The molecule has 0 bridgehead atoms. The first kappa shape index (κ1) is 18.7. The van der Waals surface area contributed by atoms with Crippen LogP contribution in [0.1, 0.15) is 26.3 Å². The van der Waals surface area contributed by atoms with E-state index in [1.165, 1.54) is 18.3 Å². The van der Waals surface area contributed by atoms with Crippen LogP contribution >= 0.6 is 11.6 Å². The molecule has 0 saturated heterocycles. The quantitative estimate of drug-likeness (QED) is 0.627. The van der Waals surface area contributed by atoms with E-state index < -0.39 is 17.6 Å². The Balaban J connectivity index is 1.78. The van der Waals surface area contributed by atoms with Gasteiger partial charge in [-0.2, -0.15) is 13.2 Å². The lowest BCUT2D eigenvalue weighted by Crippen LogP contribution is -2.34. The Labute approximate surface area is 146 Å². The molecule has 132 valence electrons. The third-order valence-corrected chi connectivity index (χ3v) is 3.38. The van der Waals surface area contributed by atoms with E-state index in [9.17, 15) is 22.8 Å². The number of carbonyl (C=O) groups excluding carboxylic acids is 2. The van der Waals surface area contributed by atoms with Crippen LogP contribution in [0.5, 0.6) is 0 Å². The molecule has 25 heavy (non-hydrogen) atoms. The molecule has 0 spiro atoms. The zero-order valence-corrected chi connectivity index (χ0v) is 13.5. The summed E-state index contributed by atoms with van der Waals surface area (Å²) in [6, 6.07) is 6.84. The highest BCUT2D eigenvalue weighted by molar-refractivity contribution is 6.29. The maximum absolute atomic E-state index is 12.5. The molecule has 0 fully saturated rings. The van der Waals surface area contributed by atoms with Gasteiger partial charge in [0.05, 0.1) is 11.1 Å². The molecule has 2 aromatic rings. The van der Waals surface area contributed by atoms with E-state index in [0.29, 0.717) is 5.56 Å².